The Morgan fingerprint density at radius 3 is 2.45 bits per heavy atom. The van der Waals surface area contributed by atoms with Crippen molar-refractivity contribution < 1.29 is 4.79 Å². The van der Waals surface area contributed by atoms with Gasteiger partial charge in [0.15, 0.2) is 5.82 Å². The number of nitrogens with zero attached hydrogens (tertiary/aromatic N) is 4. The molecule has 3 aromatic carbocycles. The number of aromatic nitrogens is 2. The number of pyridine rings is 1. The van der Waals surface area contributed by atoms with Crippen molar-refractivity contribution in [2.45, 2.75) is 33.2 Å². The number of allylic oxidation sites excluding steroid dienone is 6. The largest absolute Gasteiger partial charge is 0.368 e. The number of anilines is 2. The summed E-state index contributed by atoms with van der Waals surface area (Å²) in [5, 5.41) is 5.55. The van der Waals surface area contributed by atoms with E-state index in [0.717, 1.165) is 82.8 Å². The summed E-state index contributed by atoms with van der Waals surface area (Å²) in [5.74, 6) is 0.679. The van der Waals surface area contributed by atoms with Crippen molar-refractivity contribution in [1.82, 2.24) is 19.8 Å². The smallest absolute Gasteiger partial charge is 0.272 e. The third-order valence-electron chi connectivity index (χ3n) is 10.8. The molecule has 0 aliphatic carbocycles. The van der Waals surface area contributed by atoms with Gasteiger partial charge >= 0.3 is 0 Å². The average molecular weight is 768 g/mol. The van der Waals surface area contributed by atoms with Gasteiger partial charge in [-0.1, -0.05) is 103 Å². The van der Waals surface area contributed by atoms with Crippen LogP contribution in [0.25, 0.3) is 22.2 Å². The number of fused-ring (bicyclic) bond motifs is 2. The molecule has 2 atom stereocenters. The number of hydrogen-bond acceptors (Lipinski definition) is 5. The van der Waals surface area contributed by atoms with Crippen LogP contribution in [0, 0.1) is 5.92 Å². The van der Waals surface area contributed by atoms with E-state index in [1.165, 1.54) is 11.3 Å². The molecule has 0 bridgehead atoms. The van der Waals surface area contributed by atoms with Gasteiger partial charge in [-0.3, -0.25) is 4.79 Å². The Bertz CT molecular complexity index is 2400. The van der Waals surface area contributed by atoms with Crippen LogP contribution in [0.15, 0.2) is 133 Å². The molecular formula is C46H44Cl2N6O. The molecule has 3 aliphatic rings. The Hall–Kier alpha value is -5.50. The predicted molar refractivity (Wildman–Crippen MR) is 228 cm³/mol. The zero-order valence-electron chi connectivity index (χ0n) is 31.3. The molecule has 5 heterocycles. The third-order valence-corrected chi connectivity index (χ3v) is 11.2. The van der Waals surface area contributed by atoms with Crippen LogP contribution in [0.1, 0.15) is 66.0 Å². The highest BCUT2D eigenvalue weighted by molar-refractivity contribution is 6.32. The Morgan fingerprint density at radius 2 is 1.73 bits per heavy atom. The molecule has 1 saturated heterocycles. The number of halogens is 2. The molecule has 0 radical (unpaired) electrons. The highest BCUT2D eigenvalue weighted by Gasteiger charge is 2.40. The molecular weight excluding hydrogens is 723 g/mol. The van der Waals surface area contributed by atoms with Crippen molar-refractivity contribution in [1.29, 1.82) is 0 Å². The Balaban J connectivity index is 1.23. The van der Waals surface area contributed by atoms with Crippen LogP contribution in [0.3, 0.4) is 0 Å². The number of amides is 1. The van der Waals surface area contributed by atoms with Gasteiger partial charge in [-0.25, -0.2) is 4.98 Å². The van der Waals surface area contributed by atoms with Crippen molar-refractivity contribution >= 4 is 62.8 Å². The molecule has 2 N–H and O–H groups in total. The van der Waals surface area contributed by atoms with E-state index < -0.39 is 0 Å². The zero-order valence-corrected chi connectivity index (χ0v) is 32.8. The first-order valence-corrected chi connectivity index (χ1v) is 19.6. The van der Waals surface area contributed by atoms with Crippen LogP contribution in [-0.4, -0.2) is 51.9 Å². The summed E-state index contributed by atoms with van der Waals surface area (Å²) in [6.45, 7) is 13.5. The second kappa shape index (κ2) is 15.3. The Labute approximate surface area is 333 Å². The lowest BCUT2D eigenvalue weighted by molar-refractivity contribution is 0.102. The fourth-order valence-electron chi connectivity index (χ4n) is 8.27. The lowest BCUT2D eigenvalue weighted by Crippen LogP contribution is -2.46. The standard InChI is InChI=1S/C46H44Cl2N6O/c1-5-35(20-15-29(2)3)52-23-25-53(26-24-52)45-37(14-9-21-49-45)51-46(55)42-41-40-36(27-34(48)28-38(40)50-42)43(32-16-18-33(47)19-17-32)54-22-10-11-30(4)39(44(41)54)31-12-7-6-8-13-31/h5-10,12-22,27-28,30,43,50H,2,11,23-26H2,1,3-4H3,(H,51,55). The first-order valence-electron chi connectivity index (χ1n) is 18.8. The van der Waals surface area contributed by atoms with Crippen LogP contribution in [0.4, 0.5) is 11.5 Å². The highest BCUT2D eigenvalue weighted by Crippen LogP contribution is 2.53. The van der Waals surface area contributed by atoms with Crippen molar-refractivity contribution in [2.24, 2.45) is 5.92 Å². The molecule has 3 aliphatic heterocycles. The summed E-state index contributed by atoms with van der Waals surface area (Å²) in [5.41, 5.74) is 10.4. The van der Waals surface area contributed by atoms with E-state index in [2.05, 4.69) is 106 Å². The van der Waals surface area contributed by atoms with Gasteiger partial charge in [0.05, 0.1) is 17.4 Å². The van der Waals surface area contributed by atoms with Crippen molar-refractivity contribution in [3.63, 3.8) is 0 Å². The summed E-state index contributed by atoms with van der Waals surface area (Å²) in [6, 6.07) is 26.1. The monoisotopic (exact) mass is 766 g/mol. The first kappa shape index (κ1) is 36.5. The predicted octanol–water partition coefficient (Wildman–Crippen LogP) is 11.1. The van der Waals surface area contributed by atoms with E-state index in [9.17, 15) is 4.79 Å². The molecule has 1 amide bonds. The maximum absolute atomic E-state index is 14.9. The number of rotatable bonds is 8. The number of carbonyl (C=O) groups is 1. The molecule has 7 nitrogen and oxygen atoms in total. The highest BCUT2D eigenvalue weighted by atomic mass is 35.5. The lowest BCUT2D eigenvalue weighted by atomic mass is 9.82. The minimum Gasteiger partial charge on any atom is -0.368 e. The molecule has 2 aromatic heterocycles. The summed E-state index contributed by atoms with van der Waals surface area (Å²) in [7, 11) is 0. The van der Waals surface area contributed by atoms with Gasteiger partial charge in [-0.2, -0.15) is 0 Å². The van der Waals surface area contributed by atoms with E-state index in [1.54, 1.807) is 6.20 Å². The SMILES string of the molecule is C=C(C)C=CC(=CC)N1CCN(c2ncccc2NC(=O)c2[nH]c3cc(Cl)cc4c3c2C2=C(c3ccccc3)C(C)CC=CN2C4c2ccc(Cl)cc2)CC1. The lowest BCUT2D eigenvalue weighted by Gasteiger charge is -2.39. The summed E-state index contributed by atoms with van der Waals surface area (Å²) >= 11 is 13.3. The van der Waals surface area contributed by atoms with Gasteiger partial charge in [0.1, 0.15) is 5.69 Å². The Kier molecular flexibility index (Phi) is 10.2. The Morgan fingerprint density at radius 1 is 0.964 bits per heavy atom. The summed E-state index contributed by atoms with van der Waals surface area (Å²) in [6.07, 6.45) is 13.3. The molecule has 0 saturated carbocycles. The molecule has 5 aromatic rings. The number of H-pyrrole nitrogens is 1. The fourth-order valence-corrected chi connectivity index (χ4v) is 8.62. The molecule has 55 heavy (non-hydrogen) atoms. The third kappa shape index (κ3) is 6.99. The minimum absolute atomic E-state index is 0.169. The van der Waals surface area contributed by atoms with Gasteiger partial charge in [-0.05, 0) is 90.9 Å². The van der Waals surface area contributed by atoms with Gasteiger partial charge in [0, 0.05) is 70.8 Å². The molecule has 9 heteroatoms. The molecule has 278 valence electrons. The van der Waals surface area contributed by atoms with Gasteiger partial charge in [0.25, 0.3) is 5.91 Å². The maximum atomic E-state index is 14.9. The van der Waals surface area contributed by atoms with Crippen molar-refractivity contribution in [2.75, 3.05) is 36.4 Å². The topological polar surface area (TPSA) is 67.5 Å². The maximum Gasteiger partial charge on any atom is 0.272 e. The molecule has 8 rings (SSSR count). The van der Waals surface area contributed by atoms with E-state index in [4.69, 9.17) is 28.2 Å². The number of aromatic amines is 1. The van der Waals surface area contributed by atoms with Crippen LogP contribution < -0.4 is 10.2 Å². The van der Waals surface area contributed by atoms with Crippen LogP contribution >= 0.6 is 23.2 Å². The summed E-state index contributed by atoms with van der Waals surface area (Å²) < 4.78 is 0. The van der Waals surface area contributed by atoms with E-state index in [0.29, 0.717) is 21.4 Å². The van der Waals surface area contributed by atoms with Crippen LogP contribution in [0.2, 0.25) is 10.0 Å². The quantitative estimate of drug-likeness (QED) is 0.154. The van der Waals surface area contributed by atoms with Crippen LogP contribution in [0.5, 0.6) is 0 Å². The minimum atomic E-state index is -0.243. The number of carbonyl (C=O) groups excluding carboxylic acids is 1. The van der Waals surface area contributed by atoms with Crippen molar-refractivity contribution in [3.05, 3.63) is 171 Å². The van der Waals surface area contributed by atoms with E-state index in [-0.39, 0.29) is 17.9 Å². The number of benzene rings is 3. The number of piperazine rings is 1. The fraction of sp³-hybridized carbons (Fsp3) is 0.217. The summed E-state index contributed by atoms with van der Waals surface area (Å²) in [4.78, 5) is 30.2. The normalized spacial score (nSPS) is 18.6. The van der Waals surface area contributed by atoms with Gasteiger partial charge in [0.2, 0.25) is 0 Å². The average Bonchev–Trinajstić information content (AvgIpc) is 3.48. The second-order valence-corrected chi connectivity index (χ2v) is 15.4. The number of nitrogens with one attached hydrogen (secondary N) is 2. The van der Waals surface area contributed by atoms with Crippen molar-refractivity contribution in [3.8, 4) is 0 Å². The zero-order chi connectivity index (χ0) is 38.2. The molecule has 2 unspecified atom stereocenters. The first-order chi connectivity index (χ1) is 26.7. The number of hydrogen-bond donors (Lipinski definition) is 2. The van der Waals surface area contributed by atoms with Gasteiger partial charge < -0.3 is 25.0 Å². The van der Waals surface area contributed by atoms with Crippen LogP contribution in [-0.2, 0) is 0 Å². The molecule has 1 fully saturated rings. The van der Waals surface area contributed by atoms with E-state index >= 15 is 0 Å². The van der Waals surface area contributed by atoms with E-state index in [1.807, 2.05) is 55.5 Å². The second-order valence-electron chi connectivity index (χ2n) is 14.5. The molecule has 0 spiro atoms. The van der Waals surface area contributed by atoms with Gasteiger partial charge in [-0.15, -0.1) is 0 Å².